The molecule has 1 aromatic heterocycles. The second kappa shape index (κ2) is 12.8. The van der Waals surface area contributed by atoms with E-state index in [0.717, 1.165) is 0 Å². The lowest BCUT2D eigenvalue weighted by Crippen LogP contribution is -2.24. The van der Waals surface area contributed by atoms with Crippen LogP contribution in [-0.4, -0.2) is 46.9 Å². The smallest absolute Gasteiger partial charge is 0.302 e. The van der Waals surface area contributed by atoms with Crippen LogP contribution in [0.1, 0.15) is 26.4 Å². The molecule has 0 radical (unpaired) electrons. The molecule has 2 aromatic carbocycles. The van der Waals surface area contributed by atoms with Gasteiger partial charge in [0.05, 0.1) is 14.2 Å². The largest absolute Gasteiger partial charge is 0.507 e. The van der Waals surface area contributed by atoms with E-state index in [1.807, 2.05) is 6.07 Å². The number of nitrogens with zero attached hydrogens (tertiary/aromatic N) is 3. The van der Waals surface area contributed by atoms with Crippen LogP contribution < -0.4 is 32.4 Å². The maximum absolute atomic E-state index is 12.4. The standard InChI is InChI=1S/C15H14O4.C6H8ClN7O.ClH/c1-18-11-8-12(16)14(13(9-11)19-2)15(17)10-6-4-3-5-7-10;7-2-4(9)13-3(8)1(12-2)5(15)14-6(10)11;/h3-9,16H,1-2H3;(H4,8,9,13)(H4,10,11,14,15);1H. The molecule has 0 unspecified atom stereocenters. The van der Waals surface area contributed by atoms with Crippen molar-refractivity contribution in [3.05, 3.63) is 64.4 Å². The van der Waals surface area contributed by atoms with Crippen molar-refractivity contribution in [2.45, 2.75) is 0 Å². The Labute approximate surface area is 211 Å². The molecule has 0 saturated carbocycles. The van der Waals surface area contributed by atoms with Crippen molar-refractivity contribution in [3.63, 3.8) is 0 Å². The second-order valence-electron chi connectivity index (χ2n) is 6.39. The van der Waals surface area contributed by atoms with Crippen LogP contribution in [0.25, 0.3) is 0 Å². The van der Waals surface area contributed by atoms with Crippen molar-refractivity contribution in [1.29, 1.82) is 0 Å². The molecule has 0 bridgehead atoms. The van der Waals surface area contributed by atoms with Crippen LogP contribution in [0, 0.1) is 0 Å². The number of hydrogen-bond acceptors (Lipinski definition) is 9. The number of phenolic OH excluding ortho intramolecular Hbond substituents is 1. The Morgan fingerprint density at radius 3 is 2.17 bits per heavy atom. The molecule has 0 spiro atoms. The molecule has 0 saturated heterocycles. The minimum atomic E-state index is -0.832. The number of methoxy groups -OCH3 is 2. The number of hydrogen-bond donors (Lipinski definition) is 5. The van der Waals surface area contributed by atoms with Crippen LogP contribution in [0.3, 0.4) is 0 Å². The lowest BCUT2D eigenvalue weighted by atomic mass is 10.0. The first-order valence-electron chi connectivity index (χ1n) is 9.36. The molecule has 1 heterocycles. The Bertz CT molecular complexity index is 1240. The summed E-state index contributed by atoms with van der Waals surface area (Å²) >= 11 is 5.55. The number of phenols is 1. The van der Waals surface area contributed by atoms with Gasteiger partial charge in [0, 0.05) is 17.7 Å². The summed E-state index contributed by atoms with van der Waals surface area (Å²) in [7, 11) is 2.92. The molecule has 0 aliphatic heterocycles. The first-order chi connectivity index (χ1) is 16.1. The summed E-state index contributed by atoms with van der Waals surface area (Å²) in [6, 6.07) is 11.7. The molecule has 12 nitrogen and oxygen atoms in total. The zero-order valence-corrected chi connectivity index (χ0v) is 20.1. The number of nitrogen functional groups attached to an aromatic ring is 2. The molecule has 3 aromatic rings. The summed E-state index contributed by atoms with van der Waals surface area (Å²) in [6.07, 6.45) is 0. The summed E-state index contributed by atoms with van der Waals surface area (Å²) in [6.45, 7) is 0. The van der Waals surface area contributed by atoms with E-state index < -0.39 is 11.9 Å². The Balaban J connectivity index is 0.000000350. The molecule has 35 heavy (non-hydrogen) atoms. The van der Waals surface area contributed by atoms with Gasteiger partial charge in [-0.3, -0.25) is 9.59 Å². The van der Waals surface area contributed by atoms with Gasteiger partial charge < -0.3 is 37.5 Å². The fourth-order valence-electron chi connectivity index (χ4n) is 2.59. The number of aromatic nitrogens is 2. The van der Waals surface area contributed by atoms with Gasteiger partial charge in [-0.1, -0.05) is 41.9 Å². The normalized spacial score (nSPS) is 9.57. The molecule has 14 heteroatoms. The highest BCUT2D eigenvalue weighted by atomic mass is 35.5. The van der Waals surface area contributed by atoms with Gasteiger partial charge in [0.2, 0.25) is 5.78 Å². The Hall–Kier alpha value is -4.29. The number of rotatable bonds is 5. The number of halogens is 2. The number of aromatic hydroxyl groups is 1. The van der Waals surface area contributed by atoms with Gasteiger partial charge in [-0.05, 0) is 0 Å². The number of carbonyl (C=O) groups excluding carboxylic acids is 2. The number of ether oxygens (including phenoxy) is 2. The highest BCUT2D eigenvalue weighted by molar-refractivity contribution is 6.31. The van der Waals surface area contributed by atoms with Gasteiger partial charge in [-0.2, -0.15) is 4.99 Å². The zero-order valence-electron chi connectivity index (χ0n) is 18.6. The Morgan fingerprint density at radius 2 is 1.63 bits per heavy atom. The maximum atomic E-state index is 12.4. The second-order valence-corrected chi connectivity index (χ2v) is 6.75. The van der Waals surface area contributed by atoms with Crippen LogP contribution in [0.15, 0.2) is 47.5 Å². The van der Waals surface area contributed by atoms with E-state index >= 15 is 0 Å². The number of nitrogens with two attached hydrogens (primary N) is 4. The van der Waals surface area contributed by atoms with E-state index in [9.17, 15) is 14.7 Å². The van der Waals surface area contributed by atoms with Gasteiger partial charge in [0.25, 0.3) is 0 Å². The SMILES string of the molecule is COc1cc(O)c(C(=O)c2ccccc2)c(OC)c1.Cl.NC(N)=NC(=O)c1nc(Cl)c(N)nc1N. The summed E-state index contributed by atoms with van der Waals surface area (Å²) in [4.78, 5) is 34.1. The van der Waals surface area contributed by atoms with Crippen LogP contribution >= 0.6 is 24.0 Å². The van der Waals surface area contributed by atoms with Crippen LogP contribution in [-0.2, 0) is 0 Å². The summed E-state index contributed by atoms with van der Waals surface area (Å²) in [5, 5.41) is 9.84. The van der Waals surface area contributed by atoms with E-state index in [0.29, 0.717) is 11.3 Å². The van der Waals surface area contributed by atoms with E-state index in [1.165, 1.54) is 20.3 Å². The monoisotopic (exact) mass is 523 g/mol. The Kier molecular flexibility index (Phi) is 10.5. The average Bonchev–Trinajstić information content (AvgIpc) is 2.80. The predicted molar refractivity (Wildman–Crippen MR) is 134 cm³/mol. The van der Waals surface area contributed by atoms with E-state index in [-0.39, 0.29) is 57.7 Å². The molecule has 0 aliphatic rings. The molecule has 3 rings (SSSR count). The first kappa shape index (κ1) is 28.7. The lowest BCUT2D eigenvalue weighted by molar-refractivity contribution is 0.0996. The summed E-state index contributed by atoms with van der Waals surface area (Å²) in [5.74, 6) is -1.24. The third-order valence-corrected chi connectivity index (χ3v) is 4.39. The number of benzene rings is 2. The molecule has 0 fully saturated rings. The minimum Gasteiger partial charge on any atom is -0.507 e. The fourth-order valence-corrected chi connectivity index (χ4v) is 2.71. The number of anilines is 2. The quantitative estimate of drug-likeness (QED) is 0.184. The van der Waals surface area contributed by atoms with E-state index in [4.69, 9.17) is 44.0 Å². The summed E-state index contributed by atoms with van der Waals surface area (Å²) in [5.41, 5.74) is 21.1. The zero-order chi connectivity index (χ0) is 25.4. The van der Waals surface area contributed by atoms with Crippen molar-refractivity contribution in [3.8, 4) is 17.2 Å². The summed E-state index contributed by atoms with van der Waals surface area (Å²) < 4.78 is 10.2. The number of aliphatic imine (C=N–C) groups is 1. The molecule has 9 N–H and O–H groups in total. The van der Waals surface area contributed by atoms with Crippen LogP contribution in [0.5, 0.6) is 17.2 Å². The maximum Gasteiger partial charge on any atom is 0.302 e. The number of carbonyl (C=O) groups is 2. The minimum absolute atomic E-state index is 0. The number of ketones is 1. The molecular weight excluding hydrogens is 501 g/mol. The van der Waals surface area contributed by atoms with E-state index in [2.05, 4.69) is 15.0 Å². The molecule has 186 valence electrons. The van der Waals surface area contributed by atoms with Gasteiger partial charge in [0.15, 0.2) is 28.4 Å². The lowest BCUT2D eigenvalue weighted by Gasteiger charge is -2.11. The van der Waals surface area contributed by atoms with Crippen molar-refractivity contribution in [2.24, 2.45) is 16.5 Å². The highest BCUT2D eigenvalue weighted by Crippen LogP contribution is 2.34. The van der Waals surface area contributed by atoms with Crippen LogP contribution in [0.2, 0.25) is 5.15 Å². The molecule has 0 atom stereocenters. The topological polar surface area (TPSA) is 215 Å². The molecular formula is C21H23Cl2N7O5. The number of guanidine groups is 1. The van der Waals surface area contributed by atoms with Gasteiger partial charge in [-0.15, -0.1) is 12.4 Å². The van der Waals surface area contributed by atoms with Gasteiger partial charge in [-0.25, -0.2) is 9.97 Å². The van der Waals surface area contributed by atoms with Crippen molar-refractivity contribution in [2.75, 3.05) is 25.7 Å². The first-order valence-corrected chi connectivity index (χ1v) is 9.74. The van der Waals surface area contributed by atoms with Crippen LogP contribution in [0.4, 0.5) is 11.6 Å². The highest BCUT2D eigenvalue weighted by Gasteiger charge is 2.20. The Morgan fingerprint density at radius 1 is 1.00 bits per heavy atom. The number of amides is 1. The van der Waals surface area contributed by atoms with E-state index in [1.54, 1.807) is 30.3 Å². The molecule has 1 amide bonds. The van der Waals surface area contributed by atoms with Gasteiger partial charge >= 0.3 is 5.91 Å². The molecule has 0 aliphatic carbocycles. The van der Waals surface area contributed by atoms with Crippen molar-refractivity contribution in [1.82, 2.24) is 9.97 Å². The third kappa shape index (κ3) is 7.35. The van der Waals surface area contributed by atoms with Crippen molar-refractivity contribution < 1.29 is 24.2 Å². The predicted octanol–water partition coefficient (Wildman–Crippen LogP) is 1.77. The van der Waals surface area contributed by atoms with Crippen molar-refractivity contribution >= 4 is 53.3 Å². The van der Waals surface area contributed by atoms with Gasteiger partial charge in [0.1, 0.15) is 22.8 Å². The fraction of sp³-hybridized carbons (Fsp3) is 0.0952. The third-order valence-electron chi connectivity index (χ3n) is 4.11. The average molecular weight is 524 g/mol.